The lowest BCUT2D eigenvalue weighted by atomic mass is 9.98. The highest BCUT2D eigenvalue weighted by atomic mass is 35.5. The maximum atomic E-state index is 12.3. The molecule has 28 heavy (non-hydrogen) atoms. The van der Waals surface area contributed by atoms with Gasteiger partial charge in [0.1, 0.15) is 0 Å². The average Bonchev–Trinajstić information content (AvgIpc) is 3.29. The van der Waals surface area contributed by atoms with Gasteiger partial charge in [0, 0.05) is 13.1 Å². The number of carbonyl (C=O) groups is 1. The molecule has 2 aromatic carbocycles. The summed E-state index contributed by atoms with van der Waals surface area (Å²) in [6, 6.07) is 16.5. The number of hydrogen-bond acceptors (Lipinski definition) is 3. The lowest BCUT2D eigenvalue weighted by molar-refractivity contribution is -0.126. The summed E-state index contributed by atoms with van der Waals surface area (Å²) in [5, 5.41) is 2.99. The molecule has 1 amide bonds. The van der Waals surface area contributed by atoms with Crippen molar-refractivity contribution in [3.63, 3.8) is 0 Å². The molecule has 1 aliphatic rings. The van der Waals surface area contributed by atoms with Crippen LogP contribution in [0.5, 0.6) is 0 Å². The molecule has 0 unspecified atom stereocenters. The Hall–Kier alpha value is -2.08. The Labute approximate surface area is 177 Å². The summed E-state index contributed by atoms with van der Waals surface area (Å²) in [6.45, 7) is 1.30. The van der Waals surface area contributed by atoms with E-state index in [1.165, 1.54) is 5.56 Å². The number of para-hydroxylation sites is 2. The van der Waals surface area contributed by atoms with E-state index in [0.717, 1.165) is 48.8 Å². The molecule has 1 heterocycles. The molecule has 150 valence electrons. The van der Waals surface area contributed by atoms with E-state index >= 15 is 0 Å². The summed E-state index contributed by atoms with van der Waals surface area (Å²) in [5.74, 6) is -0.0241. The number of imidazole rings is 1. The van der Waals surface area contributed by atoms with Crippen LogP contribution in [0.1, 0.15) is 36.8 Å². The fraction of sp³-hybridized carbons (Fsp3) is 0.333. The van der Waals surface area contributed by atoms with Crippen LogP contribution in [-0.4, -0.2) is 21.0 Å². The van der Waals surface area contributed by atoms with Gasteiger partial charge in [-0.15, -0.1) is 24.8 Å². The molecule has 1 fully saturated rings. The van der Waals surface area contributed by atoms with Crippen LogP contribution in [0.25, 0.3) is 11.0 Å². The highest BCUT2D eigenvalue weighted by Gasteiger charge is 2.36. The van der Waals surface area contributed by atoms with Crippen LogP contribution in [0.4, 0.5) is 0 Å². The second-order valence-corrected chi connectivity index (χ2v) is 7.22. The molecule has 0 aliphatic heterocycles. The van der Waals surface area contributed by atoms with Gasteiger partial charge in [-0.1, -0.05) is 49.2 Å². The first-order chi connectivity index (χ1) is 12.6. The largest absolute Gasteiger partial charge is 0.350 e. The van der Waals surface area contributed by atoms with Gasteiger partial charge in [0.05, 0.1) is 22.9 Å². The zero-order valence-electron chi connectivity index (χ0n) is 15.6. The number of fused-ring (bicyclic) bond motifs is 1. The molecule has 0 spiro atoms. The smallest absolute Gasteiger partial charge is 0.240 e. The summed E-state index contributed by atoms with van der Waals surface area (Å²) in [6.07, 6.45) is 5.54. The molecule has 1 saturated carbocycles. The van der Waals surface area contributed by atoms with Gasteiger partial charge in [0.15, 0.2) is 0 Å². The summed E-state index contributed by atoms with van der Waals surface area (Å²) in [7, 11) is 0. The van der Waals surface area contributed by atoms with Gasteiger partial charge in [-0.2, -0.15) is 0 Å². The van der Waals surface area contributed by atoms with Crippen molar-refractivity contribution in [2.75, 3.05) is 0 Å². The maximum Gasteiger partial charge on any atom is 0.240 e. The summed E-state index contributed by atoms with van der Waals surface area (Å²) in [4.78, 5) is 16.7. The standard InChI is InChI=1S/C21H24N4O.2ClH/c22-21(11-3-4-12-21)20(26)23-13-16-7-9-17(10-8-16)14-25-15-24-18-5-1-2-6-19(18)25;;/h1-2,5-10,15H,3-4,11-14,22H2,(H,23,26);2*1H. The Kier molecular flexibility index (Phi) is 7.47. The number of benzene rings is 2. The van der Waals surface area contributed by atoms with Gasteiger partial charge in [-0.25, -0.2) is 4.98 Å². The molecular weight excluding hydrogens is 395 g/mol. The van der Waals surface area contributed by atoms with Crippen LogP contribution in [0.3, 0.4) is 0 Å². The fourth-order valence-electron chi connectivity index (χ4n) is 3.69. The van der Waals surface area contributed by atoms with Crippen molar-refractivity contribution >= 4 is 41.8 Å². The van der Waals surface area contributed by atoms with E-state index in [0.29, 0.717) is 6.54 Å². The minimum Gasteiger partial charge on any atom is -0.350 e. The van der Waals surface area contributed by atoms with E-state index in [1.54, 1.807) is 0 Å². The van der Waals surface area contributed by atoms with E-state index in [1.807, 2.05) is 24.5 Å². The van der Waals surface area contributed by atoms with Crippen molar-refractivity contribution in [1.29, 1.82) is 0 Å². The van der Waals surface area contributed by atoms with Gasteiger partial charge in [0.25, 0.3) is 0 Å². The van der Waals surface area contributed by atoms with Crippen LogP contribution in [0, 0.1) is 0 Å². The number of hydrogen-bond donors (Lipinski definition) is 2. The zero-order chi connectivity index (χ0) is 18.0. The minimum absolute atomic E-state index is 0. The minimum atomic E-state index is -0.664. The molecule has 7 heteroatoms. The van der Waals surface area contributed by atoms with E-state index in [4.69, 9.17) is 5.73 Å². The summed E-state index contributed by atoms with van der Waals surface area (Å²) >= 11 is 0. The Balaban J connectivity index is 0.00000140. The number of nitrogens with zero attached hydrogens (tertiary/aromatic N) is 2. The lowest BCUT2D eigenvalue weighted by Crippen LogP contribution is -2.51. The fourth-order valence-corrected chi connectivity index (χ4v) is 3.69. The molecule has 5 nitrogen and oxygen atoms in total. The highest BCUT2D eigenvalue weighted by Crippen LogP contribution is 2.27. The molecule has 0 saturated heterocycles. The van der Waals surface area contributed by atoms with Crippen molar-refractivity contribution in [2.45, 2.75) is 44.3 Å². The van der Waals surface area contributed by atoms with Gasteiger partial charge < -0.3 is 15.6 Å². The first-order valence-electron chi connectivity index (χ1n) is 9.19. The summed E-state index contributed by atoms with van der Waals surface area (Å²) < 4.78 is 2.14. The molecular formula is C21H26Cl2N4O. The van der Waals surface area contributed by atoms with Crippen LogP contribution in [0.2, 0.25) is 0 Å². The van der Waals surface area contributed by atoms with E-state index in [9.17, 15) is 4.79 Å². The van der Waals surface area contributed by atoms with Crippen molar-refractivity contribution in [3.05, 3.63) is 66.0 Å². The Morgan fingerprint density at radius 1 is 1.04 bits per heavy atom. The zero-order valence-corrected chi connectivity index (χ0v) is 17.3. The Bertz CT molecular complexity index is 918. The second kappa shape index (κ2) is 9.41. The second-order valence-electron chi connectivity index (χ2n) is 7.22. The van der Waals surface area contributed by atoms with Gasteiger partial charge in [-0.3, -0.25) is 4.79 Å². The Morgan fingerprint density at radius 3 is 2.39 bits per heavy atom. The molecule has 0 atom stereocenters. The van der Waals surface area contributed by atoms with Crippen molar-refractivity contribution in [1.82, 2.24) is 14.9 Å². The van der Waals surface area contributed by atoms with Crippen LogP contribution in [0.15, 0.2) is 54.9 Å². The lowest BCUT2D eigenvalue weighted by Gasteiger charge is -2.22. The Morgan fingerprint density at radius 2 is 1.68 bits per heavy atom. The maximum absolute atomic E-state index is 12.3. The third kappa shape index (κ3) is 4.66. The number of rotatable bonds is 5. The molecule has 0 radical (unpaired) electrons. The molecule has 3 aromatic rings. The molecule has 0 bridgehead atoms. The number of nitrogens with two attached hydrogens (primary N) is 1. The molecule has 1 aromatic heterocycles. The predicted molar refractivity (Wildman–Crippen MR) is 117 cm³/mol. The monoisotopic (exact) mass is 420 g/mol. The third-order valence-electron chi connectivity index (χ3n) is 5.30. The first-order valence-corrected chi connectivity index (χ1v) is 9.19. The van der Waals surface area contributed by atoms with Crippen LogP contribution in [-0.2, 0) is 17.9 Å². The number of halogens is 2. The van der Waals surface area contributed by atoms with E-state index in [2.05, 4.69) is 45.2 Å². The average molecular weight is 421 g/mol. The predicted octanol–water partition coefficient (Wildman–Crippen LogP) is 3.82. The molecule has 1 aliphatic carbocycles. The number of aromatic nitrogens is 2. The number of amides is 1. The number of carbonyl (C=O) groups excluding carboxylic acids is 1. The summed E-state index contributed by atoms with van der Waals surface area (Å²) in [5.41, 5.74) is 9.95. The van der Waals surface area contributed by atoms with Gasteiger partial charge >= 0.3 is 0 Å². The number of nitrogens with one attached hydrogen (secondary N) is 1. The van der Waals surface area contributed by atoms with Crippen LogP contribution >= 0.6 is 24.8 Å². The normalized spacial score (nSPS) is 14.9. The first kappa shape index (κ1) is 22.2. The van der Waals surface area contributed by atoms with Crippen molar-refractivity contribution in [3.8, 4) is 0 Å². The van der Waals surface area contributed by atoms with Crippen molar-refractivity contribution in [2.24, 2.45) is 5.73 Å². The topological polar surface area (TPSA) is 72.9 Å². The molecule has 4 rings (SSSR count). The van der Waals surface area contributed by atoms with Crippen molar-refractivity contribution < 1.29 is 4.79 Å². The molecule has 3 N–H and O–H groups in total. The quantitative estimate of drug-likeness (QED) is 0.658. The van der Waals surface area contributed by atoms with Crippen LogP contribution < -0.4 is 11.1 Å². The van der Waals surface area contributed by atoms with E-state index < -0.39 is 5.54 Å². The van der Waals surface area contributed by atoms with E-state index in [-0.39, 0.29) is 30.7 Å². The SMILES string of the molecule is Cl.Cl.NC1(C(=O)NCc2ccc(Cn3cnc4ccccc43)cc2)CCCC1. The van der Waals surface area contributed by atoms with Gasteiger partial charge in [-0.05, 0) is 36.1 Å². The highest BCUT2D eigenvalue weighted by molar-refractivity contribution is 5.86. The third-order valence-corrected chi connectivity index (χ3v) is 5.30. The van der Waals surface area contributed by atoms with Gasteiger partial charge in [0.2, 0.25) is 5.91 Å².